The summed E-state index contributed by atoms with van der Waals surface area (Å²) in [5, 5.41) is 13.9. The molecular formula is C23H20N4O5S. The van der Waals surface area contributed by atoms with Gasteiger partial charge in [-0.3, -0.25) is 29.4 Å². The molecule has 1 aliphatic rings. The highest BCUT2D eigenvalue weighted by molar-refractivity contribution is 8.18. The lowest BCUT2D eigenvalue weighted by Crippen LogP contribution is -2.38. The van der Waals surface area contributed by atoms with Gasteiger partial charge in [-0.15, -0.1) is 0 Å². The van der Waals surface area contributed by atoms with Gasteiger partial charge in [-0.1, -0.05) is 29.8 Å². The molecule has 33 heavy (non-hydrogen) atoms. The summed E-state index contributed by atoms with van der Waals surface area (Å²) in [5.41, 5.74) is 2.62. The number of aromatic nitrogens is 1. The summed E-state index contributed by atoms with van der Waals surface area (Å²) in [6.07, 6.45) is 3.37. The van der Waals surface area contributed by atoms with Gasteiger partial charge in [-0.2, -0.15) is 0 Å². The van der Waals surface area contributed by atoms with E-state index in [9.17, 15) is 24.5 Å². The molecule has 4 rings (SSSR count). The summed E-state index contributed by atoms with van der Waals surface area (Å²) < 4.78 is 1.68. The van der Waals surface area contributed by atoms with Crippen molar-refractivity contribution >= 4 is 51.5 Å². The van der Waals surface area contributed by atoms with Gasteiger partial charge < -0.3 is 9.88 Å². The van der Waals surface area contributed by atoms with Gasteiger partial charge in [0.1, 0.15) is 6.54 Å². The number of nitro benzene ring substituents is 1. The predicted molar refractivity (Wildman–Crippen MR) is 125 cm³/mol. The molecule has 0 bridgehead atoms. The molecule has 1 N–H and O–H groups in total. The fourth-order valence-corrected chi connectivity index (χ4v) is 4.33. The Labute approximate surface area is 193 Å². The Morgan fingerprint density at radius 3 is 2.64 bits per heavy atom. The zero-order valence-electron chi connectivity index (χ0n) is 17.7. The Hall–Kier alpha value is -3.92. The number of thioether (sulfide) groups is 1. The highest BCUT2D eigenvalue weighted by atomic mass is 32.2. The first kappa shape index (κ1) is 22.3. The molecule has 1 aromatic heterocycles. The first-order chi connectivity index (χ1) is 15.8. The molecule has 0 aliphatic carbocycles. The van der Waals surface area contributed by atoms with Crippen LogP contribution < -0.4 is 5.32 Å². The molecule has 3 aromatic rings. The van der Waals surface area contributed by atoms with E-state index in [1.165, 1.54) is 12.1 Å². The van der Waals surface area contributed by atoms with Crippen LogP contribution in [0.25, 0.3) is 17.0 Å². The van der Waals surface area contributed by atoms with Crippen molar-refractivity contribution in [2.45, 2.75) is 13.5 Å². The van der Waals surface area contributed by atoms with Gasteiger partial charge in [0.25, 0.3) is 16.8 Å². The van der Waals surface area contributed by atoms with E-state index < -0.39 is 4.92 Å². The second-order valence-electron chi connectivity index (χ2n) is 7.54. The van der Waals surface area contributed by atoms with Crippen molar-refractivity contribution in [3.63, 3.8) is 0 Å². The molecule has 9 nitrogen and oxygen atoms in total. The van der Waals surface area contributed by atoms with Crippen LogP contribution in [0.2, 0.25) is 0 Å². The number of fused-ring (bicyclic) bond motifs is 1. The molecule has 3 amide bonds. The number of nitrogens with one attached hydrogen (secondary N) is 1. The highest BCUT2D eigenvalue weighted by Crippen LogP contribution is 2.32. The van der Waals surface area contributed by atoms with E-state index in [1.54, 1.807) is 29.0 Å². The second-order valence-corrected chi connectivity index (χ2v) is 8.53. The minimum Gasteiger partial charge on any atom is -0.353 e. The molecular weight excluding hydrogens is 444 g/mol. The second kappa shape index (κ2) is 9.29. The zero-order chi connectivity index (χ0) is 23.5. The number of hydrogen-bond donors (Lipinski definition) is 1. The van der Waals surface area contributed by atoms with Crippen LogP contribution in [-0.4, -0.2) is 44.5 Å². The molecule has 10 heteroatoms. The topological polar surface area (TPSA) is 115 Å². The SMILES string of the molecule is Cc1ccc(/C=C2\SC(=O)N(CCNC(=O)Cn3ccc4cc([N+](=O)[O-])ccc43)C2=O)cc1. The van der Waals surface area contributed by atoms with Crippen LogP contribution in [0.4, 0.5) is 10.5 Å². The van der Waals surface area contributed by atoms with Gasteiger partial charge in [0, 0.05) is 42.3 Å². The quantitative estimate of drug-likeness (QED) is 0.324. The van der Waals surface area contributed by atoms with E-state index in [0.29, 0.717) is 15.8 Å². The van der Waals surface area contributed by atoms with E-state index in [2.05, 4.69) is 5.32 Å². The van der Waals surface area contributed by atoms with Crippen LogP contribution in [0, 0.1) is 17.0 Å². The van der Waals surface area contributed by atoms with Crippen molar-refractivity contribution in [1.29, 1.82) is 0 Å². The molecule has 1 fully saturated rings. The van der Waals surface area contributed by atoms with E-state index in [0.717, 1.165) is 27.8 Å². The first-order valence-electron chi connectivity index (χ1n) is 10.1. The average molecular weight is 465 g/mol. The van der Waals surface area contributed by atoms with Crippen molar-refractivity contribution < 1.29 is 19.3 Å². The smallest absolute Gasteiger partial charge is 0.293 e. The van der Waals surface area contributed by atoms with Gasteiger partial charge in [0.05, 0.1) is 9.83 Å². The average Bonchev–Trinajstić information content (AvgIpc) is 3.30. The van der Waals surface area contributed by atoms with Crippen LogP contribution in [0.15, 0.2) is 59.6 Å². The molecule has 2 aromatic carbocycles. The summed E-state index contributed by atoms with van der Waals surface area (Å²) >= 11 is 0.882. The summed E-state index contributed by atoms with van der Waals surface area (Å²) in [6, 6.07) is 13.8. The number of non-ortho nitro benzene ring substituents is 1. The van der Waals surface area contributed by atoms with Crippen LogP contribution in [0.5, 0.6) is 0 Å². The Morgan fingerprint density at radius 1 is 1.15 bits per heavy atom. The summed E-state index contributed by atoms with van der Waals surface area (Å²) in [4.78, 5) is 49.1. The van der Waals surface area contributed by atoms with E-state index in [4.69, 9.17) is 0 Å². The molecule has 1 aliphatic heterocycles. The minimum absolute atomic E-state index is 0.0104. The Balaban J connectivity index is 1.32. The van der Waals surface area contributed by atoms with Crippen molar-refractivity contribution in [2.24, 2.45) is 0 Å². The molecule has 0 unspecified atom stereocenters. The summed E-state index contributed by atoms with van der Waals surface area (Å²) in [6.45, 7) is 2.17. The normalized spacial score (nSPS) is 14.9. The molecule has 1 saturated heterocycles. The summed E-state index contributed by atoms with van der Waals surface area (Å²) in [7, 11) is 0. The highest BCUT2D eigenvalue weighted by Gasteiger charge is 2.34. The number of nitrogens with zero attached hydrogens (tertiary/aromatic N) is 3. The molecule has 2 heterocycles. The number of nitro groups is 1. The number of carbonyl (C=O) groups is 3. The predicted octanol–water partition coefficient (Wildman–Crippen LogP) is 3.71. The van der Waals surface area contributed by atoms with Crippen LogP contribution >= 0.6 is 11.8 Å². The van der Waals surface area contributed by atoms with Crippen LogP contribution in [-0.2, 0) is 16.1 Å². The molecule has 0 radical (unpaired) electrons. The number of hydrogen-bond acceptors (Lipinski definition) is 6. The van der Waals surface area contributed by atoms with Crippen molar-refractivity contribution in [3.8, 4) is 0 Å². The number of rotatable bonds is 7. The number of amides is 3. The van der Waals surface area contributed by atoms with Gasteiger partial charge in [0.2, 0.25) is 5.91 Å². The van der Waals surface area contributed by atoms with Crippen molar-refractivity contribution in [2.75, 3.05) is 13.1 Å². The lowest BCUT2D eigenvalue weighted by molar-refractivity contribution is -0.384. The lowest BCUT2D eigenvalue weighted by Gasteiger charge is -2.13. The number of carbonyl (C=O) groups excluding carboxylic acids is 3. The third kappa shape index (κ3) is 4.96. The molecule has 0 saturated carbocycles. The first-order valence-corrected chi connectivity index (χ1v) is 11.0. The monoisotopic (exact) mass is 464 g/mol. The maximum absolute atomic E-state index is 12.6. The molecule has 0 spiro atoms. The number of aryl methyl sites for hydroxylation is 1. The molecule has 0 atom stereocenters. The standard InChI is InChI=1S/C23H20N4O5S/c1-15-2-4-16(5-3-15)12-20-22(29)26(23(30)33-20)11-9-24-21(28)14-25-10-8-17-13-18(27(31)32)6-7-19(17)25/h2-8,10,12-13H,9,11,14H2,1H3,(H,24,28)/b20-12-. The van der Waals surface area contributed by atoms with E-state index in [1.807, 2.05) is 31.2 Å². The summed E-state index contributed by atoms with van der Waals surface area (Å²) in [5.74, 6) is -0.675. The molecule has 168 valence electrons. The minimum atomic E-state index is -0.468. The van der Waals surface area contributed by atoms with Gasteiger partial charge in [-0.05, 0) is 42.5 Å². The Bertz CT molecular complexity index is 1300. The third-order valence-electron chi connectivity index (χ3n) is 5.19. The Kier molecular flexibility index (Phi) is 6.27. The fourth-order valence-electron chi connectivity index (χ4n) is 3.46. The van der Waals surface area contributed by atoms with Gasteiger partial charge in [0.15, 0.2) is 0 Å². The lowest BCUT2D eigenvalue weighted by atomic mass is 10.1. The van der Waals surface area contributed by atoms with Gasteiger partial charge in [-0.25, -0.2) is 0 Å². The van der Waals surface area contributed by atoms with Crippen LogP contribution in [0.3, 0.4) is 0 Å². The van der Waals surface area contributed by atoms with Gasteiger partial charge >= 0.3 is 0 Å². The van der Waals surface area contributed by atoms with Crippen LogP contribution in [0.1, 0.15) is 11.1 Å². The Morgan fingerprint density at radius 2 is 1.91 bits per heavy atom. The largest absolute Gasteiger partial charge is 0.353 e. The van der Waals surface area contributed by atoms with E-state index in [-0.39, 0.29) is 42.4 Å². The maximum atomic E-state index is 12.6. The zero-order valence-corrected chi connectivity index (χ0v) is 18.5. The maximum Gasteiger partial charge on any atom is 0.293 e. The van der Waals surface area contributed by atoms with Crippen molar-refractivity contribution in [1.82, 2.24) is 14.8 Å². The number of benzene rings is 2. The third-order valence-corrected chi connectivity index (χ3v) is 6.09. The van der Waals surface area contributed by atoms with E-state index >= 15 is 0 Å². The fraction of sp³-hybridized carbons (Fsp3) is 0.174. The van der Waals surface area contributed by atoms with Crippen molar-refractivity contribution in [3.05, 3.63) is 80.9 Å². The number of imide groups is 1.